The lowest BCUT2D eigenvalue weighted by atomic mass is 10.1. The maximum Gasteiger partial charge on any atom is 0.191 e. The monoisotopic (exact) mass is 329 g/mol. The van der Waals surface area contributed by atoms with Crippen LogP contribution in [0.15, 0.2) is 41.9 Å². The molecule has 0 aliphatic heterocycles. The first-order valence-electron chi connectivity index (χ1n) is 8.43. The number of hydrogen-bond acceptors (Lipinski definition) is 3. The predicted octanol–water partition coefficient (Wildman–Crippen LogP) is 2.35. The van der Waals surface area contributed by atoms with Gasteiger partial charge in [0, 0.05) is 37.6 Å². The van der Waals surface area contributed by atoms with Crippen LogP contribution in [0.2, 0.25) is 0 Å². The maximum atomic E-state index is 5.72. The normalized spacial score (nSPS) is 11.4. The number of guanidine groups is 1. The molecule has 24 heavy (non-hydrogen) atoms. The van der Waals surface area contributed by atoms with Gasteiger partial charge in [-0.05, 0) is 32.4 Å². The highest BCUT2D eigenvalue weighted by molar-refractivity contribution is 5.79. The first-order valence-corrected chi connectivity index (χ1v) is 8.43. The molecule has 0 fully saturated rings. The van der Waals surface area contributed by atoms with Crippen LogP contribution in [0.5, 0.6) is 5.75 Å². The van der Waals surface area contributed by atoms with E-state index in [1.54, 1.807) is 6.20 Å². The number of aliphatic imine (C=N–C) groups is 1. The van der Waals surface area contributed by atoms with E-state index in [0.717, 1.165) is 36.9 Å². The van der Waals surface area contributed by atoms with Crippen LogP contribution in [-0.2, 0) is 13.1 Å². The van der Waals surface area contributed by atoms with Gasteiger partial charge >= 0.3 is 0 Å². The van der Waals surface area contributed by atoms with Crippen molar-refractivity contribution in [2.24, 2.45) is 4.99 Å². The van der Waals surface area contributed by atoms with Crippen molar-refractivity contribution in [2.75, 3.05) is 19.7 Å². The maximum absolute atomic E-state index is 5.72. The van der Waals surface area contributed by atoms with E-state index in [-0.39, 0.29) is 0 Å². The summed E-state index contributed by atoms with van der Waals surface area (Å²) in [5.74, 6) is 1.72. The summed E-state index contributed by atoms with van der Waals surface area (Å²) in [5.41, 5.74) is 2.28. The molecule has 130 valence electrons. The number of nitrogens with one attached hydrogen (secondary N) is 2. The van der Waals surface area contributed by atoms with Gasteiger partial charge in [-0.25, -0.2) is 9.98 Å². The molecule has 0 aliphatic carbocycles. The molecule has 0 saturated carbocycles. The van der Waals surface area contributed by atoms with Crippen LogP contribution in [0, 0.1) is 6.92 Å². The fourth-order valence-electron chi connectivity index (χ4n) is 2.31. The highest BCUT2D eigenvalue weighted by Gasteiger charge is 2.04. The van der Waals surface area contributed by atoms with Crippen LogP contribution in [0.3, 0.4) is 0 Å². The zero-order valence-electron chi connectivity index (χ0n) is 14.7. The van der Waals surface area contributed by atoms with Crippen molar-refractivity contribution in [1.82, 2.24) is 20.2 Å². The second kappa shape index (κ2) is 9.60. The lowest BCUT2D eigenvalue weighted by Crippen LogP contribution is -2.38. The minimum Gasteiger partial charge on any atom is -0.494 e. The summed E-state index contributed by atoms with van der Waals surface area (Å²) in [6.07, 6.45) is 5.55. The molecule has 1 aromatic heterocycles. The Morgan fingerprint density at radius 3 is 2.88 bits per heavy atom. The Morgan fingerprint density at radius 1 is 1.29 bits per heavy atom. The number of aromatic nitrogens is 2. The van der Waals surface area contributed by atoms with E-state index in [1.165, 1.54) is 5.56 Å². The molecule has 6 heteroatoms. The van der Waals surface area contributed by atoms with Crippen LogP contribution < -0.4 is 15.4 Å². The van der Waals surface area contributed by atoms with Crippen molar-refractivity contribution in [3.63, 3.8) is 0 Å². The van der Waals surface area contributed by atoms with E-state index in [9.17, 15) is 0 Å². The molecule has 0 radical (unpaired) electrons. The van der Waals surface area contributed by atoms with Gasteiger partial charge in [-0.2, -0.15) is 0 Å². The Hall–Kier alpha value is -2.50. The summed E-state index contributed by atoms with van der Waals surface area (Å²) in [6.45, 7) is 9.81. The smallest absolute Gasteiger partial charge is 0.191 e. The van der Waals surface area contributed by atoms with E-state index < -0.39 is 0 Å². The minimum absolute atomic E-state index is 0.579. The number of ether oxygens (including phenoxy) is 1. The standard InChI is InChI=1S/C18H27N5O/c1-4-20-18(21-9-11-23-10-8-19-14-23)22-13-16-7-6-15(3)12-17(16)24-5-2/h6-8,10,12,14H,4-5,9,11,13H2,1-3H3,(H2,20,21,22). The summed E-state index contributed by atoms with van der Waals surface area (Å²) >= 11 is 0. The number of benzene rings is 1. The van der Waals surface area contributed by atoms with Crippen molar-refractivity contribution in [2.45, 2.75) is 33.9 Å². The lowest BCUT2D eigenvalue weighted by molar-refractivity contribution is 0.336. The van der Waals surface area contributed by atoms with Crippen LogP contribution in [0.1, 0.15) is 25.0 Å². The quantitative estimate of drug-likeness (QED) is 0.576. The summed E-state index contributed by atoms with van der Waals surface area (Å²) in [5, 5.41) is 6.61. The molecular formula is C18H27N5O. The average molecular weight is 329 g/mol. The predicted molar refractivity (Wildman–Crippen MR) is 97.4 cm³/mol. The van der Waals surface area contributed by atoms with Crippen molar-refractivity contribution in [3.8, 4) is 5.75 Å². The summed E-state index contributed by atoms with van der Waals surface area (Å²) in [7, 11) is 0. The molecule has 2 rings (SSSR count). The topological polar surface area (TPSA) is 63.5 Å². The molecule has 0 amide bonds. The van der Waals surface area contributed by atoms with E-state index in [2.05, 4.69) is 52.7 Å². The third-order valence-electron chi connectivity index (χ3n) is 3.50. The molecule has 2 aromatic rings. The molecule has 0 unspecified atom stereocenters. The highest BCUT2D eigenvalue weighted by atomic mass is 16.5. The Kier molecular flexibility index (Phi) is 7.14. The molecule has 0 bridgehead atoms. The molecule has 0 saturated heterocycles. The fraction of sp³-hybridized carbons (Fsp3) is 0.444. The minimum atomic E-state index is 0.579. The molecule has 2 N–H and O–H groups in total. The Bertz CT molecular complexity index is 637. The van der Waals surface area contributed by atoms with Gasteiger partial charge in [0.25, 0.3) is 0 Å². The molecule has 0 atom stereocenters. The second-order valence-electron chi connectivity index (χ2n) is 5.47. The third-order valence-corrected chi connectivity index (χ3v) is 3.50. The Morgan fingerprint density at radius 2 is 2.17 bits per heavy atom. The molecular weight excluding hydrogens is 302 g/mol. The number of imidazole rings is 1. The van der Waals surface area contributed by atoms with Gasteiger partial charge in [0.1, 0.15) is 5.75 Å². The Labute approximate surface area is 144 Å². The van der Waals surface area contributed by atoms with Gasteiger partial charge in [-0.1, -0.05) is 12.1 Å². The number of rotatable bonds is 8. The highest BCUT2D eigenvalue weighted by Crippen LogP contribution is 2.21. The van der Waals surface area contributed by atoms with Crippen molar-refractivity contribution in [3.05, 3.63) is 48.0 Å². The fourth-order valence-corrected chi connectivity index (χ4v) is 2.31. The average Bonchev–Trinajstić information content (AvgIpc) is 3.07. The van der Waals surface area contributed by atoms with Crippen molar-refractivity contribution < 1.29 is 4.74 Å². The van der Waals surface area contributed by atoms with Gasteiger partial charge < -0.3 is 19.9 Å². The zero-order chi connectivity index (χ0) is 17.2. The third kappa shape index (κ3) is 5.61. The van der Waals surface area contributed by atoms with Crippen LogP contribution in [0.25, 0.3) is 0 Å². The van der Waals surface area contributed by atoms with E-state index in [0.29, 0.717) is 13.2 Å². The molecule has 0 spiro atoms. The van der Waals surface area contributed by atoms with E-state index in [4.69, 9.17) is 4.74 Å². The van der Waals surface area contributed by atoms with Crippen molar-refractivity contribution >= 4 is 5.96 Å². The first kappa shape index (κ1) is 17.8. The van der Waals surface area contributed by atoms with Gasteiger partial charge in [0.15, 0.2) is 5.96 Å². The molecule has 1 aromatic carbocycles. The number of aryl methyl sites for hydroxylation is 1. The molecule has 0 aliphatic rings. The zero-order valence-corrected chi connectivity index (χ0v) is 14.7. The van der Waals surface area contributed by atoms with Gasteiger partial charge in [0.2, 0.25) is 0 Å². The van der Waals surface area contributed by atoms with E-state index >= 15 is 0 Å². The molecule has 6 nitrogen and oxygen atoms in total. The van der Waals surface area contributed by atoms with Crippen molar-refractivity contribution in [1.29, 1.82) is 0 Å². The number of hydrogen-bond donors (Lipinski definition) is 2. The lowest BCUT2D eigenvalue weighted by Gasteiger charge is -2.13. The van der Waals surface area contributed by atoms with Crippen LogP contribution in [0.4, 0.5) is 0 Å². The van der Waals surface area contributed by atoms with Gasteiger partial charge in [0.05, 0.1) is 19.5 Å². The largest absolute Gasteiger partial charge is 0.494 e. The summed E-state index contributed by atoms with van der Waals surface area (Å²) < 4.78 is 7.75. The summed E-state index contributed by atoms with van der Waals surface area (Å²) in [4.78, 5) is 8.71. The second-order valence-corrected chi connectivity index (χ2v) is 5.47. The summed E-state index contributed by atoms with van der Waals surface area (Å²) in [6, 6.07) is 6.24. The van der Waals surface area contributed by atoms with Crippen LogP contribution >= 0.6 is 0 Å². The SMILES string of the molecule is CCNC(=NCc1ccc(C)cc1OCC)NCCn1ccnc1. The van der Waals surface area contributed by atoms with E-state index in [1.807, 2.05) is 24.0 Å². The van der Waals surface area contributed by atoms with Gasteiger partial charge in [-0.15, -0.1) is 0 Å². The first-order chi connectivity index (χ1) is 11.7. The molecule has 1 heterocycles. The Balaban J connectivity index is 1.97. The number of nitrogens with zero attached hydrogens (tertiary/aromatic N) is 3. The van der Waals surface area contributed by atoms with Crippen LogP contribution in [-0.4, -0.2) is 35.2 Å². The van der Waals surface area contributed by atoms with Gasteiger partial charge in [-0.3, -0.25) is 0 Å².